The Balaban J connectivity index is 2.19. The van der Waals surface area contributed by atoms with Crippen LogP contribution in [0.3, 0.4) is 0 Å². The molecule has 17 heavy (non-hydrogen) atoms. The number of alkyl halides is 1. The van der Waals surface area contributed by atoms with E-state index in [1.807, 2.05) is 49.4 Å². The number of ether oxygens (including phenoxy) is 1. The summed E-state index contributed by atoms with van der Waals surface area (Å²) in [7, 11) is 0. The van der Waals surface area contributed by atoms with E-state index in [9.17, 15) is 0 Å². The number of halogens is 2. The maximum atomic E-state index is 5.90. The van der Waals surface area contributed by atoms with E-state index in [-0.39, 0.29) is 0 Å². The summed E-state index contributed by atoms with van der Waals surface area (Å²) >= 11 is 9.31. The van der Waals surface area contributed by atoms with E-state index in [1.165, 1.54) is 5.56 Å². The highest BCUT2D eigenvalue weighted by molar-refractivity contribution is 9.08. The summed E-state index contributed by atoms with van der Waals surface area (Å²) in [5.74, 6) is 1.67. The zero-order chi connectivity index (χ0) is 12.3. The molecule has 0 radical (unpaired) electrons. The van der Waals surface area contributed by atoms with E-state index in [1.54, 1.807) is 0 Å². The van der Waals surface area contributed by atoms with E-state index in [0.717, 1.165) is 27.4 Å². The molecule has 0 heterocycles. The predicted octanol–water partition coefficient (Wildman–Crippen LogP) is 5.34. The lowest BCUT2D eigenvalue weighted by molar-refractivity contribution is 0.479. The molecule has 0 bridgehead atoms. The molecule has 0 aliphatic heterocycles. The number of aryl methyl sites for hydroxylation is 1. The molecule has 0 saturated carbocycles. The molecule has 0 saturated heterocycles. The van der Waals surface area contributed by atoms with Crippen LogP contribution in [0.25, 0.3) is 0 Å². The van der Waals surface area contributed by atoms with Gasteiger partial charge in [0.25, 0.3) is 0 Å². The van der Waals surface area contributed by atoms with Gasteiger partial charge in [0, 0.05) is 10.4 Å². The number of rotatable bonds is 3. The van der Waals surface area contributed by atoms with Crippen molar-refractivity contribution in [2.24, 2.45) is 0 Å². The second kappa shape index (κ2) is 5.56. The topological polar surface area (TPSA) is 9.23 Å². The summed E-state index contributed by atoms with van der Waals surface area (Å²) in [6.07, 6.45) is 0. The van der Waals surface area contributed by atoms with E-state index in [0.29, 0.717) is 0 Å². The Hall–Kier alpha value is -0.990. The zero-order valence-corrected chi connectivity index (χ0v) is 11.8. The number of benzene rings is 2. The van der Waals surface area contributed by atoms with Crippen LogP contribution >= 0.6 is 27.5 Å². The summed E-state index contributed by atoms with van der Waals surface area (Å²) in [6.45, 7) is 1.98. The highest BCUT2D eigenvalue weighted by Crippen LogP contribution is 2.27. The maximum Gasteiger partial charge on any atom is 0.130 e. The number of hydrogen-bond acceptors (Lipinski definition) is 1. The van der Waals surface area contributed by atoms with Crippen LogP contribution in [0.2, 0.25) is 5.02 Å². The Kier molecular flexibility index (Phi) is 4.08. The van der Waals surface area contributed by atoms with E-state index in [4.69, 9.17) is 16.3 Å². The molecule has 0 atom stereocenters. The molecule has 2 aromatic rings. The van der Waals surface area contributed by atoms with Crippen molar-refractivity contribution in [3.63, 3.8) is 0 Å². The standard InChI is InChI=1S/C14H12BrClO/c1-10-8-12(16)4-7-14(10)17-13-5-2-11(9-15)3-6-13/h2-8H,9H2,1H3. The van der Waals surface area contributed by atoms with Crippen LogP contribution in [-0.2, 0) is 5.33 Å². The Labute approximate surface area is 115 Å². The van der Waals surface area contributed by atoms with Gasteiger partial charge in [0.2, 0.25) is 0 Å². The molecule has 88 valence electrons. The molecule has 0 aliphatic rings. The van der Waals surface area contributed by atoms with Gasteiger partial charge in [-0.05, 0) is 48.4 Å². The third kappa shape index (κ3) is 3.24. The maximum absolute atomic E-state index is 5.90. The Bertz CT molecular complexity index is 508. The Morgan fingerprint density at radius 2 is 1.82 bits per heavy atom. The molecule has 0 amide bonds. The normalized spacial score (nSPS) is 10.3. The van der Waals surface area contributed by atoms with Gasteiger partial charge in [-0.2, -0.15) is 0 Å². The van der Waals surface area contributed by atoms with Crippen LogP contribution in [0.15, 0.2) is 42.5 Å². The third-order valence-corrected chi connectivity index (χ3v) is 3.33. The summed E-state index contributed by atoms with van der Waals surface area (Å²) in [4.78, 5) is 0. The van der Waals surface area contributed by atoms with Gasteiger partial charge in [-0.15, -0.1) is 0 Å². The lowest BCUT2D eigenvalue weighted by Crippen LogP contribution is -1.87. The molecular formula is C14H12BrClO. The first-order chi connectivity index (χ1) is 8.19. The smallest absolute Gasteiger partial charge is 0.130 e. The molecule has 2 aromatic carbocycles. The summed E-state index contributed by atoms with van der Waals surface area (Å²) in [6, 6.07) is 13.6. The van der Waals surface area contributed by atoms with Crippen LogP contribution in [-0.4, -0.2) is 0 Å². The first-order valence-corrected chi connectivity index (χ1v) is 6.78. The van der Waals surface area contributed by atoms with E-state index in [2.05, 4.69) is 15.9 Å². The van der Waals surface area contributed by atoms with Crippen molar-refractivity contribution < 1.29 is 4.74 Å². The van der Waals surface area contributed by atoms with Gasteiger partial charge >= 0.3 is 0 Å². The SMILES string of the molecule is Cc1cc(Cl)ccc1Oc1ccc(CBr)cc1. The van der Waals surface area contributed by atoms with Crippen LogP contribution in [0.1, 0.15) is 11.1 Å². The third-order valence-electron chi connectivity index (χ3n) is 2.44. The van der Waals surface area contributed by atoms with Gasteiger partial charge in [-0.1, -0.05) is 39.7 Å². The first kappa shape index (κ1) is 12.5. The molecule has 0 unspecified atom stereocenters. The second-order valence-corrected chi connectivity index (χ2v) is 4.79. The second-order valence-electron chi connectivity index (χ2n) is 3.79. The molecule has 2 rings (SSSR count). The molecule has 0 N–H and O–H groups in total. The summed E-state index contributed by atoms with van der Waals surface area (Å²) in [5.41, 5.74) is 2.26. The monoisotopic (exact) mass is 310 g/mol. The van der Waals surface area contributed by atoms with Crippen LogP contribution in [0.5, 0.6) is 11.5 Å². The average molecular weight is 312 g/mol. The van der Waals surface area contributed by atoms with Crippen molar-refractivity contribution in [2.45, 2.75) is 12.3 Å². The summed E-state index contributed by atoms with van der Waals surface area (Å²) in [5, 5.41) is 1.58. The molecule has 1 nitrogen and oxygen atoms in total. The van der Waals surface area contributed by atoms with Gasteiger partial charge in [-0.25, -0.2) is 0 Å². The van der Waals surface area contributed by atoms with Crippen molar-refractivity contribution in [1.82, 2.24) is 0 Å². The zero-order valence-electron chi connectivity index (χ0n) is 9.41. The molecule has 0 fully saturated rings. The van der Waals surface area contributed by atoms with Gasteiger partial charge in [0.05, 0.1) is 0 Å². The van der Waals surface area contributed by atoms with Crippen molar-refractivity contribution in [1.29, 1.82) is 0 Å². The highest BCUT2D eigenvalue weighted by Gasteiger charge is 2.02. The van der Waals surface area contributed by atoms with Crippen molar-refractivity contribution in [3.05, 3.63) is 58.6 Å². The fourth-order valence-electron chi connectivity index (χ4n) is 1.50. The highest BCUT2D eigenvalue weighted by atomic mass is 79.9. The van der Waals surface area contributed by atoms with E-state index < -0.39 is 0 Å². The van der Waals surface area contributed by atoms with Gasteiger partial charge in [-0.3, -0.25) is 0 Å². The first-order valence-electron chi connectivity index (χ1n) is 5.28. The average Bonchev–Trinajstić information content (AvgIpc) is 2.34. The van der Waals surface area contributed by atoms with Gasteiger partial charge in [0.15, 0.2) is 0 Å². The fraction of sp³-hybridized carbons (Fsp3) is 0.143. The minimum absolute atomic E-state index is 0.726. The van der Waals surface area contributed by atoms with Crippen molar-refractivity contribution >= 4 is 27.5 Å². The minimum atomic E-state index is 0.726. The predicted molar refractivity (Wildman–Crippen MR) is 75.3 cm³/mol. The minimum Gasteiger partial charge on any atom is -0.457 e. The fourth-order valence-corrected chi connectivity index (χ4v) is 2.10. The van der Waals surface area contributed by atoms with Crippen molar-refractivity contribution in [2.75, 3.05) is 0 Å². The Morgan fingerprint density at radius 1 is 1.12 bits per heavy atom. The Morgan fingerprint density at radius 3 is 2.41 bits per heavy atom. The number of hydrogen-bond donors (Lipinski definition) is 0. The molecule has 0 aromatic heterocycles. The quantitative estimate of drug-likeness (QED) is 0.696. The van der Waals surface area contributed by atoms with Gasteiger partial charge in [0.1, 0.15) is 11.5 Å². The molecule has 3 heteroatoms. The van der Waals surface area contributed by atoms with Crippen LogP contribution < -0.4 is 4.74 Å². The van der Waals surface area contributed by atoms with Gasteiger partial charge < -0.3 is 4.74 Å². The van der Waals surface area contributed by atoms with Crippen LogP contribution in [0.4, 0.5) is 0 Å². The molecule has 0 aliphatic carbocycles. The van der Waals surface area contributed by atoms with Crippen LogP contribution in [0, 0.1) is 6.92 Å². The lowest BCUT2D eigenvalue weighted by Gasteiger charge is -2.09. The lowest BCUT2D eigenvalue weighted by atomic mass is 10.2. The largest absolute Gasteiger partial charge is 0.457 e. The molecule has 0 spiro atoms. The molecular weight excluding hydrogens is 300 g/mol. The summed E-state index contributed by atoms with van der Waals surface area (Å²) < 4.78 is 5.79. The van der Waals surface area contributed by atoms with E-state index >= 15 is 0 Å². The van der Waals surface area contributed by atoms with Crippen molar-refractivity contribution in [3.8, 4) is 11.5 Å².